The van der Waals surface area contributed by atoms with Gasteiger partial charge in [-0.2, -0.15) is 11.8 Å². The average molecular weight is 366 g/mol. The highest BCUT2D eigenvalue weighted by atomic mass is 32.2. The number of nitrogens with two attached hydrogens (primary N) is 1. The lowest BCUT2D eigenvalue weighted by Crippen LogP contribution is -2.42. The summed E-state index contributed by atoms with van der Waals surface area (Å²) in [7, 11) is 0. The fraction of sp³-hybridized carbons (Fsp3) is 0.300. The van der Waals surface area contributed by atoms with Gasteiger partial charge >= 0.3 is 0 Å². The molecule has 26 heavy (non-hydrogen) atoms. The molecule has 2 N–H and O–H groups in total. The maximum atomic E-state index is 6.13. The van der Waals surface area contributed by atoms with Gasteiger partial charge in [-0.15, -0.1) is 0 Å². The number of nitrogens with zero attached hydrogens (tertiary/aromatic N) is 4. The first kappa shape index (κ1) is 17.0. The van der Waals surface area contributed by atoms with Gasteiger partial charge in [-0.3, -0.25) is 0 Å². The third-order valence-electron chi connectivity index (χ3n) is 4.66. The maximum Gasteiger partial charge on any atom is 0.191 e. The van der Waals surface area contributed by atoms with Crippen LogP contribution >= 0.6 is 11.8 Å². The molecule has 1 saturated heterocycles. The SMILES string of the molecule is NC(=NCc1ccc(Cn2cnc3ccccc32)cc1)N1CCSCC1. The molecule has 1 aliphatic rings. The van der Waals surface area contributed by atoms with E-state index in [2.05, 4.69) is 49.8 Å². The summed E-state index contributed by atoms with van der Waals surface area (Å²) in [4.78, 5) is 11.2. The Morgan fingerprint density at radius 2 is 1.77 bits per heavy atom. The van der Waals surface area contributed by atoms with Crippen LogP contribution in [-0.2, 0) is 13.1 Å². The molecule has 0 atom stereocenters. The minimum absolute atomic E-state index is 0.629. The van der Waals surface area contributed by atoms with Crippen LogP contribution in [0.5, 0.6) is 0 Å². The summed E-state index contributed by atoms with van der Waals surface area (Å²) < 4.78 is 2.18. The maximum absolute atomic E-state index is 6.13. The molecule has 2 aromatic carbocycles. The standard InChI is InChI=1S/C20H23N5S/c21-20(24-9-11-26-12-10-24)22-13-16-5-7-17(8-6-16)14-25-15-23-18-3-1-2-4-19(18)25/h1-8,15H,9-14H2,(H2,21,22). The molecule has 1 aliphatic heterocycles. The molecule has 0 radical (unpaired) electrons. The number of hydrogen-bond acceptors (Lipinski definition) is 3. The lowest BCUT2D eigenvalue weighted by Gasteiger charge is -2.27. The normalized spacial score (nSPS) is 15.5. The highest BCUT2D eigenvalue weighted by molar-refractivity contribution is 7.99. The Labute approximate surface area is 157 Å². The van der Waals surface area contributed by atoms with E-state index in [4.69, 9.17) is 5.73 Å². The summed E-state index contributed by atoms with van der Waals surface area (Å²) in [5, 5.41) is 0. The second-order valence-electron chi connectivity index (χ2n) is 6.45. The summed E-state index contributed by atoms with van der Waals surface area (Å²) in [5.74, 6) is 2.93. The van der Waals surface area contributed by atoms with Crippen molar-refractivity contribution < 1.29 is 0 Å². The largest absolute Gasteiger partial charge is 0.370 e. The summed E-state index contributed by atoms with van der Waals surface area (Å²) in [6.45, 7) is 3.44. The molecule has 0 saturated carbocycles. The zero-order chi connectivity index (χ0) is 17.8. The molecule has 2 heterocycles. The quantitative estimate of drug-likeness (QED) is 0.570. The molecule has 4 rings (SSSR count). The van der Waals surface area contributed by atoms with Gasteiger partial charge in [0, 0.05) is 31.1 Å². The van der Waals surface area contributed by atoms with E-state index in [0.29, 0.717) is 12.5 Å². The molecule has 5 nitrogen and oxygen atoms in total. The smallest absolute Gasteiger partial charge is 0.191 e. The first-order chi connectivity index (χ1) is 12.8. The van der Waals surface area contributed by atoms with Crippen LogP contribution < -0.4 is 5.73 Å². The van der Waals surface area contributed by atoms with Gasteiger partial charge < -0.3 is 15.2 Å². The van der Waals surface area contributed by atoms with Crippen molar-refractivity contribution in [3.63, 3.8) is 0 Å². The molecule has 134 valence electrons. The highest BCUT2D eigenvalue weighted by Gasteiger charge is 2.11. The second kappa shape index (κ2) is 7.83. The number of fused-ring (bicyclic) bond motifs is 1. The fourth-order valence-corrected chi connectivity index (χ4v) is 4.05. The van der Waals surface area contributed by atoms with E-state index in [0.717, 1.165) is 42.2 Å². The number of guanidine groups is 1. The molecule has 1 fully saturated rings. The number of rotatable bonds is 4. The van der Waals surface area contributed by atoms with Gasteiger partial charge in [0.2, 0.25) is 0 Å². The van der Waals surface area contributed by atoms with E-state index in [1.54, 1.807) is 0 Å². The fourth-order valence-electron chi connectivity index (χ4n) is 3.15. The van der Waals surface area contributed by atoms with Crippen LogP contribution in [0.1, 0.15) is 11.1 Å². The Hall–Kier alpha value is -2.47. The monoisotopic (exact) mass is 365 g/mol. The topological polar surface area (TPSA) is 59.4 Å². The van der Waals surface area contributed by atoms with Gasteiger partial charge in [0.05, 0.1) is 23.9 Å². The van der Waals surface area contributed by atoms with Crippen LogP contribution in [0.15, 0.2) is 59.9 Å². The Balaban J connectivity index is 1.40. The zero-order valence-corrected chi connectivity index (χ0v) is 15.5. The first-order valence-corrected chi connectivity index (χ1v) is 10.1. The molecule has 1 aromatic heterocycles. The number of hydrogen-bond donors (Lipinski definition) is 1. The van der Waals surface area contributed by atoms with Gasteiger partial charge in [0.25, 0.3) is 0 Å². The summed E-state index contributed by atoms with van der Waals surface area (Å²) >= 11 is 1.98. The summed E-state index contributed by atoms with van der Waals surface area (Å²) in [5.41, 5.74) is 10.7. The van der Waals surface area contributed by atoms with E-state index in [-0.39, 0.29) is 0 Å². The van der Waals surface area contributed by atoms with Gasteiger partial charge in [0.1, 0.15) is 0 Å². The molecule has 0 spiro atoms. The summed E-state index contributed by atoms with van der Waals surface area (Å²) in [6.07, 6.45) is 1.90. The second-order valence-corrected chi connectivity index (χ2v) is 7.68. The van der Waals surface area contributed by atoms with E-state index in [9.17, 15) is 0 Å². The molecule has 6 heteroatoms. The minimum Gasteiger partial charge on any atom is -0.370 e. The van der Waals surface area contributed by atoms with Crippen molar-refractivity contribution in [1.82, 2.24) is 14.5 Å². The van der Waals surface area contributed by atoms with Crippen molar-refractivity contribution in [3.8, 4) is 0 Å². The number of aromatic nitrogens is 2. The van der Waals surface area contributed by atoms with E-state index < -0.39 is 0 Å². The molecular weight excluding hydrogens is 342 g/mol. The van der Waals surface area contributed by atoms with Crippen LogP contribution in [0.4, 0.5) is 0 Å². The molecular formula is C20H23N5S. The third-order valence-corrected chi connectivity index (χ3v) is 5.60. The molecule has 0 bridgehead atoms. The lowest BCUT2D eigenvalue weighted by atomic mass is 10.1. The van der Waals surface area contributed by atoms with Gasteiger partial charge in [-0.25, -0.2) is 9.98 Å². The number of thioether (sulfide) groups is 1. The first-order valence-electron chi connectivity index (χ1n) is 8.90. The Morgan fingerprint density at radius 3 is 2.58 bits per heavy atom. The number of aliphatic imine (C=N–C) groups is 1. The van der Waals surface area contributed by atoms with E-state index in [1.807, 2.05) is 36.3 Å². The predicted molar refractivity (Wildman–Crippen MR) is 110 cm³/mol. The van der Waals surface area contributed by atoms with E-state index in [1.165, 1.54) is 11.1 Å². The van der Waals surface area contributed by atoms with Crippen LogP contribution in [0, 0.1) is 0 Å². The van der Waals surface area contributed by atoms with E-state index >= 15 is 0 Å². The zero-order valence-electron chi connectivity index (χ0n) is 14.7. The van der Waals surface area contributed by atoms with Crippen molar-refractivity contribution in [2.75, 3.05) is 24.6 Å². The van der Waals surface area contributed by atoms with Gasteiger partial charge in [-0.1, -0.05) is 36.4 Å². The van der Waals surface area contributed by atoms with Crippen molar-refractivity contribution in [3.05, 3.63) is 66.0 Å². The molecule has 0 unspecified atom stereocenters. The molecule has 3 aromatic rings. The number of imidazole rings is 1. The van der Waals surface area contributed by atoms with Crippen molar-refractivity contribution in [1.29, 1.82) is 0 Å². The molecule has 0 aliphatic carbocycles. The van der Waals surface area contributed by atoms with Crippen LogP contribution in [0.3, 0.4) is 0 Å². The molecule has 0 amide bonds. The lowest BCUT2D eigenvalue weighted by molar-refractivity contribution is 0.455. The number of para-hydroxylation sites is 2. The average Bonchev–Trinajstić information content (AvgIpc) is 3.11. The Bertz CT molecular complexity index is 894. The highest BCUT2D eigenvalue weighted by Crippen LogP contribution is 2.15. The third kappa shape index (κ3) is 3.85. The summed E-state index contributed by atoms with van der Waals surface area (Å²) in [6, 6.07) is 16.8. The van der Waals surface area contributed by atoms with Crippen LogP contribution in [0.2, 0.25) is 0 Å². The Kier molecular flexibility index (Phi) is 5.11. The predicted octanol–water partition coefficient (Wildman–Crippen LogP) is 2.95. The van der Waals surface area contributed by atoms with Crippen molar-refractivity contribution in [2.45, 2.75) is 13.1 Å². The van der Waals surface area contributed by atoms with Crippen LogP contribution in [0.25, 0.3) is 11.0 Å². The van der Waals surface area contributed by atoms with Gasteiger partial charge in [-0.05, 0) is 23.3 Å². The van der Waals surface area contributed by atoms with Crippen molar-refractivity contribution >= 4 is 28.8 Å². The Morgan fingerprint density at radius 1 is 1.04 bits per heavy atom. The van der Waals surface area contributed by atoms with Crippen LogP contribution in [-0.4, -0.2) is 45.0 Å². The van der Waals surface area contributed by atoms with Crippen molar-refractivity contribution in [2.24, 2.45) is 10.7 Å². The number of benzene rings is 2. The van der Waals surface area contributed by atoms with Gasteiger partial charge in [0.15, 0.2) is 5.96 Å². The minimum atomic E-state index is 0.629.